The van der Waals surface area contributed by atoms with Gasteiger partial charge in [0.1, 0.15) is 11.9 Å². The van der Waals surface area contributed by atoms with Gasteiger partial charge in [0.15, 0.2) is 0 Å². The van der Waals surface area contributed by atoms with E-state index in [1.54, 1.807) is 6.92 Å². The number of nitrogens with zero attached hydrogens (tertiary/aromatic N) is 1. The van der Waals surface area contributed by atoms with E-state index in [1.807, 2.05) is 0 Å². The van der Waals surface area contributed by atoms with Crippen LogP contribution < -0.4 is 0 Å². The first-order valence-corrected chi connectivity index (χ1v) is 8.29. The van der Waals surface area contributed by atoms with E-state index in [2.05, 4.69) is 0 Å². The second kappa shape index (κ2) is 6.11. The third kappa shape index (κ3) is 3.24. The molecule has 7 heteroatoms. The van der Waals surface area contributed by atoms with Gasteiger partial charge in [0, 0.05) is 6.54 Å². The zero-order valence-electron chi connectivity index (χ0n) is 11.8. The summed E-state index contributed by atoms with van der Waals surface area (Å²) >= 11 is 0. The lowest BCUT2D eigenvalue weighted by Gasteiger charge is -2.26. The Hall–Kier alpha value is -1.47. The molecule has 0 aromatic heterocycles. The van der Waals surface area contributed by atoms with Gasteiger partial charge < -0.3 is 5.11 Å². The van der Waals surface area contributed by atoms with Crippen LogP contribution in [0.3, 0.4) is 0 Å². The summed E-state index contributed by atoms with van der Waals surface area (Å²) in [5.74, 6) is -1.81. The highest BCUT2D eigenvalue weighted by atomic mass is 32.2. The number of carboxylic acids is 1. The van der Waals surface area contributed by atoms with Crippen molar-refractivity contribution in [1.29, 1.82) is 0 Å². The van der Waals surface area contributed by atoms with Crippen LogP contribution in [-0.4, -0.2) is 36.4 Å². The molecule has 0 aliphatic carbocycles. The van der Waals surface area contributed by atoms with Crippen LogP contribution in [0.4, 0.5) is 4.39 Å². The van der Waals surface area contributed by atoms with Gasteiger partial charge in [-0.25, -0.2) is 12.8 Å². The number of rotatable bonds is 3. The Morgan fingerprint density at radius 1 is 1.33 bits per heavy atom. The summed E-state index contributed by atoms with van der Waals surface area (Å²) < 4.78 is 39.8. The van der Waals surface area contributed by atoms with Crippen molar-refractivity contribution in [3.63, 3.8) is 0 Å². The zero-order chi connectivity index (χ0) is 15.6. The molecule has 1 aromatic carbocycles. The Balaban J connectivity index is 2.49. The lowest BCUT2D eigenvalue weighted by molar-refractivity contribution is -0.141. The molecule has 0 amide bonds. The highest BCUT2D eigenvalue weighted by Crippen LogP contribution is 2.27. The summed E-state index contributed by atoms with van der Waals surface area (Å²) in [5.41, 5.74) is 0.407. The van der Waals surface area contributed by atoms with E-state index < -0.39 is 27.9 Å². The van der Waals surface area contributed by atoms with Crippen LogP contribution in [0.5, 0.6) is 0 Å². The number of aryl methyl sites for hydroxylation is 1. The molecule has 5 nitrogen and oxygen atoms in total. The van der Waals surface area contributed by atoms with Crippen LogP contribution in [0.1, 0.15) is 31.2 Å². The molecule has 1 saturated heterocycles. The molecule has 0 bridgehead atoms. The van der Waals surface area contributed by atoms with Crippen LogP contribution in [-0.2, 0) is 14.8 Å². The molecular weight excluding hydrogens is 297 g/mol. The van der Waals surface area contributed by atoms with Crippen LogP contribution in [0, 0.1) is 12.7 Å². The maximum atomic E-state index is 13.4. The fraction of sp³-hybridized carbons (Fsp3) is 0.500. The average molecular weight is 315 g/mol. The van der Waals surface area contributed by atoms with Crippen molar-refractivity contribution in [2.24, 2.45) is 0 Å². The molecule has 1 atom stereocenters. The maximum Gasteiger partial charge on any atom is 0.322 e. The Morgan fingerprint density at radius 3 is 2.71 bits per heavy atom. The van der Waals surface area contributed by atoms with Gasteiger partial charge in [0.05, 0.1) is 4.90 Å². The van der Waals surface area contributed by atoms with Gasteiger partial charge in [-0.05, 0) is 37.5 Å². The van der Waals surface area contributed by atoms with Crippen LogP contribution in [0.25, 0.3) is 0 Å². The first-order valence-electron chi connectivity index (χ1n) is 6.85. The van der Waals surface area contributed by atoms with Gasteiger partial charge in [-0.1, -0.05) is 18.9 Å². The number of hydrogen-bond acceptors (Lipinski definition) is 3. The van der Waals surface area contributed by atoms with Gasteiger partial charge in [-0.3, -0.25) is 4.79 Å². The highest BCUT2D eigenvalue weighted by molar-refractivity contribution is 7.89. The maximum absolute atomic E-state index is 13.4. The van der Waals surface area contributed by atoms with Crippen LogP contribution >= 0.6 is 0 Å². The average Bonchev–Trinajstić information content (AvgIpc) is 2.67. The fourth-order valence-electron chi connectivity index (χ4n) is 2.59. The summed E-state index contributed by atoms with van der Waals surface area (Å²) in [6, 6.07) is 2.44. The third-order valence-corrected chi connectivity index (χ3v) is 5.78. The first-order chi connectivity index (χ1) is 9.84. The van der Waals surface area contributed by atoms with Crippen molar-refractivity contribution < 1.29 is 22.7 Å². The molecule has 1 aliphatic rings. The SMILES string of the molecule is Cc1ccc(F)cc1S(=O)(=O)N1CCCCCC1C(=O)O. The Bertz CT molecular complexity index is 644. The lowest BCUT2D eigenvalue weighted by Crippen LogP contribution is -2.44. The quantitative estimate of drug-likeness (QED) is 0.927. The van der Waals surface area contributed by atoms with E-state index in [4.69, 9.17) is 0 Å². The minimum Gasteiger partial charge on any atom is -0.480 e. The number of benzene rings is 1. The number of carbonyl (C=O) groups is 1. The van der Waals surface area contributed by atoms with Crippen molar-refractivity contribution in [2.45, 2.75) is 43.5 Å². The Labute approximate surface area is 123 Å². The highest BCUT2D eigenvalue weighted by Gasteiger charge is 2.37. The second-order valence-corrected chi connectivity index (χ2v) is 7.09. The molecule has 116 valence electrons. The molecule has 0 spiro atoms. The molecule has 1 heterocycles. The summed E-state index contributed by atoms with van der Waals surface area (Å²) in [4.78, 5) is 11.2. The van der Waals surface area contributed by atoms with Gasteiger partial charge >= 0.3 is 5.97 Å². The number of aliphatic carboxylic acids is 1. The summed E-state index contributed by atoms with van der Waals surface area (Å²) in [5, 5.41) is 9.29. The molecule has 1 N–H and O–H groups in total. The Morgan fingerprint density at radius 2 is 2.05 bits per heavy atom. The molecular formula is C14H18FNO4S. The fourth-order valence-corrected chi connectivity index (χ4v) is 4.48. The van der Waals surface area contributed by atoms with Gasteiger partial charge in [0.2, 0.25) is 10.0 Å². The van der Waals surface area contributed by atoms with E-state index in [-0.39, 0.29) is 17.9 Å². The second-order valence-electron chi connectivity index (χ2n) is 5.23. The molecule has 1 fully saturated rings. The number of halogens is 1. The number of carboxylic acid groups (broad SMARTS) is 1. The number of hydrogen-bond donors (Lipinski definition) is 1. The summed E-state index contributed by atoms with van der Waals surface area (Å²) in [7, 11) is -4.02. The smallest absolute Gasteiger partial charge is 0.322 e. The molecule has 0 saturated carbocycles. The predicted molar refractivity (Wildman–Crippen MR) is 74.9 cm³/mol. The zero-order valence-corrected chi connectivity index (χ0v) is 12.6. The molecule has 1 aromatic rings. The normalized spacial score (nSPS) is 21.0. The van der Waals surface area contributed by atoms with E-state index >= 15 is 0 Å². The van der Waals surface area contributed by atoms with E-state index in [1.165, 1.54) is 12.1 Å². The predicted octanol–water partition coefficient (Wildman–Crippen LogP) is 2.15. The van der Waals surface area contributed by atoms with Gasteiger partial charge in [-0.2, -0.15) is 4.31 Å². The molecule has 1 unspecified atom stereocenters. The third-order valence-electron chi connectivity index (χ3n) is 3.73. The van der Waals surface area contributed by atoms with Crippen molar-refractivity contribution in [3.05, 3.63) is 29.6 Å². The summed E-state index contributed by atoms with van der Waals surface area (Å²) in [6.07, 6.45) is 2.35. The topological polar surface area (TPSA) is 74.7 Å². The van der Waals surface area contributed by atoms with E-state index in [9.17, 15) is 22.7 Å². The number of sulfonamides is 1. The standard InChI is InChI=1S/C14H18FNO4S/c1-10-6-7-11(15)9-13(10)21(19,20)16-8-4-2-3-5-12(16)14(17)18/h6-7,9,12H,2-5,8H2,1H3,(H,17,18). The van der Waals surface area contributed by atoms with E-state index in [0.29, 0.717) is 18.4 Å². The summed E-state index contributed by atoms with van der Waals surface area (Å²) in [6.45, 7) is 1.72. The lowest BCUT2D eigenvalue weighted by atomic mass is 10.1. The van der Waals surface area contributed by atoms with Crippen molar-refractivity contribution >= 4 is 16.0 Å². The van der Waals surface area contributed by atoms with Crippen molar-refractivity contribution in [3.8, 4) is 0 Å². The minimum atomic E-state index is -4.02. The molecule has 0 radical (unpaired) electrons. The van der Waals surface area contributed by atoms with Crippen molar-refractivity contribution in [2.75, 3.05) is 6.54 Å². The molecule has 21 heavy (non-hydrogen) atoms. The van der Waals surface area contributed by atoms with Crippen LogP contribution in [0.15, 0.2) is 23.1 Å². The first kappa shape index (κ1) is 15.9. The largest absolute Gasteiger partial charge is 0.480 e. The molecule has 2 rings (SSSR count). The molecule has 1 aliphatic heterocycles. The van der Waals surface area contributed by atoms with Crippen LogP contribution in [0.2, 0.25) is 0 Å². The van der Waals surface area contributed by atoms with Gasteiger partial charge in [0.25, 0.3) is 0 Å². The monoisotopic (exact) mass is 315 g/mol. The van der Waals surface area contributed by atoms with Gasteiger partial charge in [-0.15, -0.1) is 0 Å². The van der Waals surface area contributed by atoms with Crippen molar-refractivity contribution in [1.82, 2.24) is 4.31 Å². The Kier molecular flexibility index (Phi) is 4.63. The van der Waals surface area contributed by atoms with E-state index in [0.717, 1.165) is 16.8 Å². The minimum absolute atomic E-state index is 0.148.